The Morgan fingerprint density at radius 1 is 0.696 bits per heavy atom. The van der Waals surface area contributed by atoms with Gasteiger partial charge < -0.3 is 16.0 Å². The van der Waals surface area contributed by atoms with E-state index in [9.17, 15) is 18.7 Å². The first-order valence-corrected chi connectivity index (χ1v) is 14.5. The molecule has 46 heavy (non-hydrogen) atoms. The normalized spacial score (nSPS) is 11.3. The summed E-state index contributed by atoms with van der Waals surface area (Å²) in [5.74, 6) is -0.280. The molecular formula is C37H31F2N2NaO4. The van der Waals surface area contributed by atoms with E-state index in [1.807, 2.05) is 79.7 Å². The van der Waals surface area contributed by atoms with Crippen molar-refractivity contribution in [3.05, 3.63) is 143 Å². The van der Waals surface area contributed by atoms with Crippen molar-refractivity contribution in [1.29, 1.82) is 0 Å². The second-order valence-electron chi connectivity index (χ2n) is 11.1. The quantitative estimate of drug-likeness (QED) is 0.191. The van der Waals surface area contributed by atoms with Gasteiger partial charge in [0, 0.05) is 34.7 Å². The van der Waals surface area contributed by atoms with E-state index in [1.165, 1.54) is 24.3 Å². The van der Waals surface area contributed by atoms with Gasteiger partial charge in [-0.15, -0.1) is 0 Å². The predicted octanol–water partition coefficient (Wildman–Crippen LogP) is 5.51. The fourth-order valence-electron chi connectivity index (χ4n) is 5.39. The van der Waals surface area contributed by atoms with Crippen molar-refractivity contribution in [2.45, 2.75) is 38.4 Å². The van der Waals surface area contributed by atoms with Crippen LogP contribution in [0.4, 0.5) is 8.78 Å². The van der Waals surface area contributed by atoms with Crippen LogP contribution in [0.1, 0.15) is 43.7 Å². The monoisotopic (exact) mass is 628 g/mol. The minimum atomic E-state index is -0.869. The molecule has 0 spiro atoms. The molecule has 6 nitrogen and oxygen atoms in total. The fourth-order valence-corrected chi connectivity index (χ4v) is 5.39. The summed E-state index contributed by atoms with van der Waals surface area (Å²) in [4.78, 5) is 20.6. The number of nitrogens with zero attached hydrogens (tertiary/aromatic N) is 2. The van der Waals surface area contributed by atoms with E-state index < -0.39 is 11.4 Å². The Kier molecular flexibility index (Phi) is 10.3. The van der Waals surface area contributed by atoms with Gasteiger partial charge in [-0.1, -0.05) is 43.3 Å². The number of carboxylic acid groups (broad SMARTS) is 1. The maximum absolute atomic E-state index is 13.6. The maximum Gasteiger partial charge on any atom is 1.00 e. The van der Waals surface area contributed by atoms with Crippen LogP contribution in [0.15, 0.2) is 109 Å². The van der Waals surface area contributed by atoms with Crippen LogP contribution in [0.25, 0.3) is 21.8 Å². The van der Waals surface area contributed by atoms with Crippen LogP contribution in [0, 0.1) is 11.6 Å². The van der Waals surface area contributed by atoms with E-state index in [1.54, 1.807) is 12.1 Å². The molecule has 0 amide bonds. The van der Waals surface area contributed by atoms with Crippen molar-refractivity contribution >= 4 is 27.8 Å². The van der Waals surface area contributed by atoms with Crippen molar-refractivity contribution in [3.63, 3.8) is 0 Å². The Morgan fingerprint density at radius 2 is 1.11 bits per heavy atom. The number of pyridine rings is 2. The minimum absolute atomic E-state index is 0. The summed E-state index contributed by atoms with van der Waals surface area (Å²) >= 11 is 0. The largest absolute Gasteiger partial charge is 1.00 e. The number of hydrogen-bond donors (Lipinski definition) is 1. The molecule has 0 bridgehead atoms. The number of halogens is 2. The number of benzene rings is 4. The van der Waals surface area contributed by atoms with Gasteiger partial charge in [0.05, 0.1) is 22.4 Å². The van der Waals surface area contributed by atoms with Crippen LogP contribution >= 0.6 is 0 Å². The van der Waals surface area contributed by atoms with Gasteiger partial charge in [-0.2, -0.15) is 0 Å². The molecule has 6 aromatic rings. The van der Waals surface area contributed by atoms with Crippen LogP contribution in [0.3, 0.4) is 0 Å². The third-order valence-electron chi connectivity index (χ3n) is 8.02. The van der Waals surface area contributed by atoms with E-state index in [0.29, 0.717) is 40.3 Å². The van der Waals surface area contributed by atoms with Crippen molar-refractivity contribution in [1.82, 2.24) is 9.97 Å². The van der Waals surface area contributed by atoms with Crippen LogP contribution in [-0.4, -0.2) is 21.0 Å². The second kappa shape index (κ2) is 14.4. The molecular weight excluding hydrogens is 597 g/mol. The molecule has 6 rings (SSSR count). The van der Waals surface area contributed by atoms with Gasteiger partial charge in [-0.25, -0.2) is 18.7 Å². The summed E-state index contributed by atoms with van der Waals surface area (Å²) in [7, 11) is 0. The Bertz CT molecular complexity index is 1860. The van der Waals surface area contributed by atoms with Crippen LogP contribution in [0.5, 0.6) is 11.5 Å². The number of ether oxygens (including phenoxy) is 2. The first-order valence-electron chi connectivity index (χ1n) is 14.5. The second-order valence-corrected chi connectivity index (χ2v) is 11.1. The molecule has 4 aromatic carbocycles. The summed E-state index contributed by atoms with van der Waals surface area (Å²) in [6, 6.07) is 31.7. The molecule has 2 aromatic heterocycles. The van der Waals surface area contributed by atoms with E-state index >= 15 is 0 Å². The average Bonchev–Trinajstić information content (AvgIpc) is 3.05. The molecule has 0 fully saturated rings. The molecule has 228 valence electrons. The first kappa shape index (κ1) is 33.0. The SMILES string of the molecule is CC(CCC(=O)O)(c1ccc(OCc2ccc3ccc(F)cc3n2)cc1)c1ccc(OCc2ccc3ccc(F)cc3n2)cc1.[H-].[Na+]. The molecule has 0 radical (unpaired) electrons. The Hall–Kier alpha value is -4.37. The van der Waals surface area contributed by atoms with E-state index in [-0.39, 0.29) is 62.3 Å². The predicted molar refractivity (Wildman–Crippen MR) is 169 cm³/mol. The Morgan fingerprint density at radius 3 is 1.52 bits per heavy atom. The number of hydrogen-bond acceptors (Lipinski definition) is 5. The van der Waals surface area contributed by atoms with Gasteiger partial charge in [-0.05, 0) is 78.2 Å². The van der Waals surface area contributed by atoms with Crippen molar-refractivity contribution in [2.75, 3.05) is 0 Å². The van der Waals surface area contributed by atoms with Crippen LogP contribution in [-0.2, 0) is 23.4 Å². The molecule has 1 N–H and O–H groups in total. The minimum Gasteiger partial charge on any atom is -1.00 e. The number of rotatable bonds is 11. The summed E-state index contributed by atoms with van der Waals surface area (Å²) in [6.45, 7) is 2.46. The zero-order valence-corrected chi connectivity index (χ0v) is 27.5. The van der Waals surface area contributed by atoms with E-state index in [2.05, 4.69) is 9.97 Å². The summed E-state index contributed by atoms with van der Waals surface area (Å²) in [5.41, 5.74) is 3.78. The number of fused-ring (bicyclic) bond motifs is 2. The third-order valence-corrected chi connectivity index (χ3v) is 8.02. The molecule has 0 aliphatic rings. The zero-order chi connectivity index (χ0) is 31.4. The van der Waals surface area contributed by atoms with Crippen molar-refractivity contribution in [2.24, 2.45) is 0 Å². The molecule has 0 unspecified atom stereocenters. The Labute approximate surface area is 288 Å². The molecule has 0 aliphatic carbocycles. The van der Waals surface area contributed by atoms with Crippen LogP contribution < -0.4 is 39.0 Å². The number of carboxylic acids is 1. The molecule has 0 saturated carbocycles. The smallest absolute Gasteiger partial charge is 1.00 e. The molecule has 0 aliphatic heterocycles. The number of aliphatic carboxylic acids is 1. The zero-order valence-electron chi connectivity index (χ0n) is 26.5. The summed E-state index contributed by atoms with van der Waals surface area (Å²) < 4.78 is 39.2. The summed E-state index contributed by atoms with van der Waals surface area (Å²) in [5, 5.41) is 11.2. The molecule has 0 saturated heterocycles. The van der Waals surface area contributed by atoms with Gasteiger partial charge in [0.1, 0.15) is 36.3 Å². The van der Waals surface area contributed by atoms with E-state index in [4.69, 9.17) is 9.47 Å². The summed E-state index contributed by atoms with van der Waals surface area (Å²) in [6.07, 6.45) is 0.382. The first-order chi connectivity index (χ1) is 21.7. The van der Waals surface area contributed by atoms with Gasteiger partial charge >= 0.3 is 35.5 Å². The maximum atomic E-state index is 13.6. The van der Waals surface area contributed by atoms with Gasteiger partial charge in [0.2, 0.25) is 0 Å². The van der Waals surface area contributed by atoms with E-state index in [0.717, 1.165) is 21.9 Å². The molecule has 0 atom stereocenters. The number of carbonyl (C=O) groups is 1. The standard InChI is InChI=1S/C37H30F2N2O4.Na.H/c1-37(19-18-36(42)43,26-6-14-32(15-7-26)44-22-30-12-4-24-2-10-28(38)20-34(24)40-30)27-8-16-33(17-9-27)45-23-31-13-5-25-3-11-29(39)21-35(25)41-31;;/h2-17,20-21H,18-19,22-23H2,1H3,(H,42,43);;/q;+1;-1. The van der Waals surface area contributed by atoms with Crippen molar-refractivity contribution < 1.29 is 59.1 Å². The van der Waals surface area contributed by atoms with Gasteiger partial charge in [-0.3, -0.25) is 4.79 Å². The molecule has 2 heterocycles. The molecule has 9 heteroatoms. The van der Waals surface area contributed by atoms with Gasteiger partial charge in [0.15, 0.2) is 0 Å². The third kappa shape index (κ3) is 7.70. The van der Waals surface area contributed by atoms with Crippen LogP contribution in [0.2, 0.25) is 0 Å². The fraction of sp³-hybridized carbons (Fsp3) is 0.162. The number of aromatic nitrogens is 2. The average molecular weight is 629 g/mol. The Balaban J connectivity index is 0.00000250. The topological polar surface area (TPSA) is 81.5 Å². The van der Waals surface area contributed by atoms with Crippen molar-refractivity contribution in [3.8, 4) is 11.5 Å². The van der Waals surface area contributed by atoms with Gasteiger partial charge in [0.25, 0.3) is 0 Å².